The molecule has 7 nitrogen and oxygen atoms in total. The summed E-state index contributed by atoms with van der Waals surface area (Å²) in [5, 5.41) is 19.4. The van der Waals surface area contributed by atoms with E-state index in [-0.39, 0.29) is 42.1 Å². The Morgan fingerprint density at radius 2 is 2.05 bits per heavy atom. The van der Waals surface area contributed by atoms with Crippen LogP contribution in [-0.2, 0) is 20.9 Å². The highest BCUT2D eigenvalue weighted by molar-refractivity contribution is 6.30. The van der Waals surface area contributed by atoms with Crippen LogP contribution in [0.1, 0.15) is 24.8 Å². The summed E-state index contributed by atoms with van der Waals surface area (Å²) < 4.78 is 4.86. The van der Waals surface area contributed by atoms with Gasteiger partial charge in [0, 0.05) is 23.9 Å². The monoisotopic (exact) mass is 301 g/mol. The Labute approximate surface area is 119 Å². The van der Waals surface area contributed by atoms with Gasteiger partial charge in [-0.3, -0.25) is 19.7 Å². The zero-order chi connectivity index (χ0) is 15.1. The Morgan fingerprint density at radius 3 is 2.65 bits per heavy atom. The zero-order valence-corrected chi connectivity index (χ0v) is 11.1. The van der Waals surface area contributed by atoms with Crippen molar-refractivity contribution in [1.82, 2.24) is 0 Å². The molecule has 0 aliphatic rings. The first-order valence-electron chi connectivity index (χ1n) is 5.70. The van der Waals surface area contributed by atoms with Crippen molar-refractivity contribution in [3.63, 3.8) is 0 Å². The van der Waals surface area contributed by atoms with Crippen molar-refractivity contribution in [2.24, 2.45) is 0 Å². The molecule has 1 rings (SSSR count). The van der Waals surface area contributed by atoms with Gasteiger partial charge in [-0.2, -0.15) is 0 Å². The molecular weight excluding hydrogens is 290 g/mol. The van der Waals surface area contributed by atoms with Crippen LogP contribution in [0.4, 0.5) is 5.69 Å². The van der Waals surface area contributed by atoms with E-state index in [4.69, 9.17) is 21.4 Å². The second kappa shape index (κ2) is 7.44. The molecule has 1 aromatic carbocycles. The van der Waals surface area contributed by atoms with Crippen LogP contribution in [-0.4, -0.2) is 22.0 Å². The Balaban J connectivity index is 2.55. The lowest BCUT2D eigenvalue weighted by Crippen LogP contribution is -2.07. The van der Waals surface area contributed by atoms with Gasteiger partial charge in [0.1, 0.15) is 6.61 Å². The normalized spacial score (nSPS) is 10.1. The van der Waals surface area contributed by atoms with Gasteiger partial charge in [-0.1, -0.05) is 11.6 Å². The highest BCUT2D eigenvalue weighted by Gasteiger charge is 2.15. The second-order valence-electron chi connectivity index (χ2n) is 3.94. The fraction of sp³-hybridized carbons (Fsp3) is 0.333. The van der Waals surface area contributed by atoms with Crippen molar-refractivity contribution in [2.45, 2.75) is 25.9 Å². The number of ether oxygens (including phenoxy) is 1. The number of benzene rings is 1. The van der Waals surface area contributed by atoms with Gasteiger partial charge < -0.3 is 9.84 Å². The molecule has 0 unspecified atom stereocenters. The fourth-order valence-corrected chi connectivity index (χ4v) is 1.61. The minimum atomic E-state index is -0.994. The third kappa shape index (κ3) is 5.23. The van der Waals surface area contributed by atoms with E-state index in [9.17, 15) is 19.7 Å². The highest BCUT2D eigenvalue weighted by Crippen LogP contribution is 2.23. The number of halogens is 1. The topological polar surface area (TPSA) is 107 Å². The Morgan fingerprint density at radius 1 is 1.35 bits per heavy atom. The summed E-state index contributed by atoms with van der Waals surface area (Å²) in [6.07, 6.45) is -0.0131. The molecule has 0 saturated heterocycles. The maximum absolute atomic E-state index is 11.3. The Hall–Kier alpha value is -2.15. The quantitative estimate of drug-likeness (QED) is 0.471. The van der Waals surface area contributed by atoms with Crippen LogP contribution in [0.3, 0.4) is 0 Å². The minimum absolute atomic E-state index is 0.0479. The second-order valence-corrected chi connectivity index (χ2v) is 4.37. The van der Waals surface area contributed by atoms with E-state index < -0.39 is 16.9 Å². The summed E-state index contributed by atoms with van der Waals surface area (Å²) in [7, 11) is 0. The number of hydrogen-bond acceptors (Lipinski definition) is 5. The number of carboxylic acid groups (broad SMARTS) is 1. The number of esters is 1. The van der Waals surface area contributed by atoms with E-state index in [1.807, 2.05) is 0 Å². The number of hydrogen-bond donors (Lipinski definition) is 1. The number of nitrogens with zero attached hydrogens (tertiary/aromatic N) is 1. The molecule has 0 bridgehead atoms. The molecule has 0 heterocycles. The van der Waals surface area contributed by atoms with E-state index in [0.29, 0.717) is 0 Å². The minimum Gasteiger partial charge on any atom is -0.481 e. The van der Waals surface area contributed by atoms with Gasteiger partial charge in [-0.25, -0.2) is 0 Å². The van der Waals surface area contributed by atoms with Crippen LogP contribution in [0, 0.1) is 10.1 Å². The molecular formula is C12H12ClNO6. The van der Waals surface area contributed by atoms with Crippen LogP contribution < -0.4 is 0 Å². The van der Waals surface area contributed by atoms with Gasteiger partial charge in [0.05, 0.1) is 10.5 Å². The van der Waals surface area contributed by atoms with Crippen molar-refractivity contribution < 1.29 is 24.4 Å². The number of nitro groups is 1. The van der Waals surface area contributed by atoms with Gasteiger partial charge in [-0.05, 0) is 18.6 Å². The van der Waals surface area contributed by atoms with Crippen LogP contribution in [0.25, 0.3) is 0 Å². The van der Waals surface area contributed by atoms with Crippen LogP contribution in [0.15, 0.2) is 18.2 Å². The largest absolute Gasteiger partial charge is 0.481 e. The predicted octanol–water partition coefficient (Wildman–Crippen LogP) is 2.55. The molecule has 108 valence electrons. The predicted molar refractivity (Wildman–Crippen MR) is 69.4 cm³/mol. The van der Waals surface area contributed by atoms with Gasteiger partial charge >= 0.3 is 11.9 Å². The van der Waals surface area contributed by atoms with Crippen molar-refractivity contribution in [2.75, 3.05) is 0 Å². The van der Waals surface area contributed by atoms with E-state index in [1.165, 1.54) is 18.2 Å². The van der Waals surface area contributed by atoms with Crippen LogP contribution in [0.2, 0.25) is 5.02 Å². The van der Waals surface area contributed by atoms with Gasteiger partial charge in [0.15, 0.2) is 0 Å². The zero-order valence-electron chi connectivity index (χ0n) is 10.4. The molecule has 0 atom stereocenters. The van der Waals surface area contributed by atoms with Crippen molar-refractivity contribution in [1.29, 1.82) is 0 Å². The number of carbonyl (C=O) groups is 2. The van der Waals surface area contributed by atoms with Crippen molar-refractivity contribution in [3.05, 3.63) is 38.9 Å². The lowest BCUT2D eigenvalue weighted by atomic mass is 10.2. The molecule has 1 N–H and O–H groups in total. The molecule has 0 aliphatic heterocycles. The number of aliphatic carboxylic acids is 1. The molecule has 0 fully saturated rings. The maximum Gasteiger partial charge on any atom is 0.306 e. The van der Waals surface area contributed by atoms with E-state index >= 15 is 0 Å². The first-order valence-corrected chi connectivity index (χ1v) is 6.08. The van der Waals surface area contributed by atoms with Crippen LogP contribution >= 0.6 is 11.6 Å². The smallest absolute Gasteiger partial charge is 0.306 e. The van der Waals surface area contributed by atoms with Crippen molar-refractivity contribution in [3.8, 4) is 0 Å². The molecule has 20 heavy (non-hydrogen) atoms. The molecule has 0 radical (unpaired) electrons. The summed E-state index contributed by atoms with van der Waals surface area (Å²) in [4.78, 5) is 31.8. The Bertz CT molecular complexity index is 531. The molecule has 0 saturated carbocycles. The lowest BCUT2D eigenvalue weighted by Gasteiger charge is -2.05. The number of carbonyl (C=O) groups excluding carboxylic acids is 1. The Kier molecular flexibility index (Phi) is 5.92. The third-order valence-corrected chi connectivity index (χ3v) is 2.64. The molecule has 0 spiro atoms. The summed E-state index contributed by atoms with van der Waals surface area (Å²) in [5.41, 5.74) is 0.00169. The lowest BCUT2D eigenvalue weighted by molar-refractivity contribution is -0.385. The summed E-state index contributed by atoms with van der Waals surface area (Å²) in [6.45, 7) is -0.251. The standard InChI is InChI=1S/C12H12ClNO6/c13-9-5-4-8(10(6-9)14(18)19)7-20-12(17)3-1-2-11(15)16/h4-6H,1-3,7H2,(H,15,16). The van der Waals surface area contributed by atoms with Crippen LogP contribution in [0.5, 0.6) is 0 Å². The molecule has 0 amide bonds. The molecule has 0 aromatic heterocycles. The average Bonchev–Trinajstić information content (AvgIpc) is 2.36. The first kappa shape index (κ1) is 15.9. The molecule has 1 aromatic rings. The van der Waals surface area contributed by atoms with Crippen molar-refractivity contribution >= 4 is 29.2 Å². The number of carboxylic acids is 1. The molecule has 8 heteroatoms. The third-order valence-electron chi connectivity index (χ3n) is 2.40. The van der Waals surface area contributed by atoms with Gasteiger partial charge in [0.25, 0.3) is 5.69 Å². The fourth-order valence-electron chi connectivity index (χ4n) is 1.44. The molecule has 0 aliphatic carbocycles. The summed E-state index contributed by atoms with van der Waals surface area (Å²) in [6, 6.07) is 4.04. The van der Waals surface area contributed by atoms with E-state index in [0.717, 1.165) is 0 Å². The summed E-state index contributed by atoms with van der Waals surface area (Å²) in [5.74, 6) is -1.60. The number of nitro benzene ring substituents is 1. The highest BCUT2D eigenvalue weighted by atomic mass is 35.5. The van der Waals surface area contributed by atoms with E-state index in [2.05, 4.69) is 0 Å². The maximum atomic E-state index is 11.3. The SMILES string of the molecule is O=C(O)CCCC(=O)OCc1ccc(Cl)cc1[N+](=O)[O-]. The summed E-state index contributed by atoms with van der Waals surface area (Å²) >= 11 is 5.65. The van der Waals surface area contributed by atoms with Gasteiger partial charge in [0.2, 0.25) is 0 Å². The number of rotatable bonds is 7. The van der Waals surface area contributed by atoms with Gasteiger partial charge in [-0.15, -0.1) is 0 Å². The first-order chi connectivity index (χ1) is 9.40. The van der Waals surface area contributed by atoms with E-state index in [1.54, 1.807) is 0 Å². The average molecular weight is 302 g/mol.